The summed E-state index contributed by atoms with van der Waals surface area (Å²) in [5, 5.41) is 10.8. The van der Waals surface area contributed by atoms with E-state index in [1.54, 1.807) is 0 Å². The summed E-state index contributed by atoms with van der Waals surface area (Å²) < 4.78 is 12.6. The summed E-state index contributed by atoms with van der Waals surface area (Å²) in [6.07, 6.45) is 7.45. The minimum Gasteiger partial charge on any atom is -0.504 e. The number of aryl methyl sites for hydroxylation is 1. The van der Waals surface area contributed by atoms with Gasteiger partial charge in [-0.25, -0.2) is 0 Å². The largest absolute Gasteiger partial charge is 0.504 e. The fraction of sp³-hybridized carbons (Fsp3) is 0.438. The van der Waals surface area contributed by atoms with Gasteiger partial charge in [0.15, 0.2) is 11.5 Å². The molecule has 2 saturated carbocycles. The van der Waals surface area contributed by atoms with Gasteiger partial charge in [0.1, 0.15) is 6.61 Å². The van der Waals surface area contributed by atoms with E-state index in [-0.39, 0.29) is 11.2 Å². The first kappa shape index (κ1) is 22.7. The van der Waals surface area contributed by atoms with Gasteiger partial charge < -0.3 is 14.6 Å². The minimum absolute atomic E-state index is 0.258. The van der Waals surface area contributed by atoms with Gasteiger partial charge in [-0.1, -0.05) is 67.6 Å². The van der Waals surface area contributed by atoms with Crippen molar-refractivity contribution in [2.24, 2.45) is 17.3 Å². The van der Waals surface area contributed by atoms with Crippen LogP contribution >= 0.6 is 0 Å². The molecule has 0 aliphatic heterocycles. The molecule has 3 aliphatic carbocycles. The van der Waals surface area contributed by atoms with Crippen molar-refractivity contribution in [3.8, 4) is 11.5 Å². The van der Waals surface area contributed by atoms with E-state index in [1.807, 2.05) is 24.3 Å². The summed E-state index contributed by atoms with van der Waals surface area (Å²) in [5.74, 6) is 2.82. The molecule has 35 heavy (non-hydrogen) atoms. The molecule has 0 spiro atoms. The lowest BCUT2D eigenvalue weighted by Crippen LogP contribution is -2.44. The molecule has 0 amide bonds. The Labute approximate surface area is 209 Å². The lowest BCUT2D eigenvalue weighted by molar-refractivity contribution is -0.0707. The van der Waals surface area contributed by atoms with Gasteiger partial charge in [0.2, 0.25) is 0 Å². The average Bonchev–Trinajstić information content (AvgIpc) is 3.23. The van der Waals surface area contributed by atoms with Crippen molar-refractivity contribution in [3.05, 3.63) is 95.1 Å². The maximum Gasteiger partial charge on any atom is 0.161 e. The second kappa shape index (κ2) is 9.35. The van der Waals surface area contributed by atoms with Gasteiger partial charge in [-0.3, -0.25) is 0 Å². The van der Waals surface area contributed by atoms with E-state index in [1.165, 1.54) is 48.8 Å². The highest BCUT2D eigenvalue weighted by molar-refractivity contribution is 5.49. The maximum atomic E-state index is 10.8. The number of hydrogen-bond donors (Lipinski definition) is 1. The zero-order chi connectivity index (χ0) is 23.8. The molecule has 182 valence electrons. The second-order valence-corrected chi connectivity index (χ2v) is 11.1. The van der Waals surface area contributed by atoms with Crippen LogP contribution in [0.25, 0.3) is 0 Å². The quantitative estimate of drug-likeness (QED) is 0.409. The maximum absolute atomic E-state index is 10.8. The highest BCUT2D eigenvalue weighted by Gasteiger charge is 2.55. The number of ether oxygens (including phenoxy) is 2. The second-order valence-electron chi connectivity index (χ2n) is 11.1. The normalized spacial score (nSPS) is 29.2. The fourth-order valence-electron chi connectivity index (χ4n) is 7.43. The van der Waals surface area contributed by atoms with E-state index in [4.69, 9.17) is 9.47 Å². The monoisotopic (exact) mass is 468 g/mol. The van der Waals surface area contributed by atoms with Gasteiger partial charge in [0.25, 0.3) is 0 Å². The summed E-state index contributed by atoms with van der Waals surface area (Å²) in [5.41, 5.74) is 5.36. The van der Waals surface area contributed by atoms with E-state index in [0.29, 0.717) is 42.8 Å². The Morgan fingerprint density at radius 2 is 1.57 bits per heavy atom. The molecule has 0 radical (unpaired) electrons. The van der Waals surface area contributed by atoms with Crippen molar-refractivity contribution < 1.29 is 14.6 Å². The Bertz CT molecular complexity index is 1160. The van der Waals surface area contributed by atoms with E-state index in [0.717, 1.165) is 12.0 Å². The number of benzene rings is 3. The molecular weight excluding hydrogens is 432 g/mol. The van der Waals surface area contributed by atoms with Crippen molar-refractivity contribution in [2.75, 3.05) is 0 Å². The van der Waals surface area contributed by atoms with Crippen LogP contribution in [0.4, 0.5) is 0 Å². The minimum atomic E-state index is 0.258. The van der Waals surface area contributed by atoms with Crippen LogP contribution in [-0.4, -0.2) is 11.2 Å². The summed E-state index contributed by atoms with van der Waals surface area (Å²) in [6.45, 7) is 3.68. The SMILES string of the molecule is C[C@]12CC[C@@H]3c4cc(O)c(OCc5ccccc5)cc4CC[C@H]3[C@@H]1CC[C@@H]2OCc1ccccc1. The number of hydrogen-bond acceptors (Lipinski definition) is 3. The standard InChI is InChI=1S/C32H36O3/c1-32-17-16-25-26(28(32)14-15-31(32)35-21-23-10-6-3-7-11-23)13-12-24-18-30(29(33)19-27(24)25)34-20-22-8-4-2-5-9-22/h2-11,18-19,25-26,28,31,33H,12-17,20-21H2,1H3/t25-,26+,28-,31-,32-/m0/s1. The Morgan fingerprint density at radius 3 is 2.31 bits per heavy atom. The van der Waals surface area contributed by atoms with Crippen LogP contribution in [0.5, 0.6) is 11.5 Å². The molecule has 0 saturated heterocycles. The molecule has 3 aliphatic rings. The Balaban J connectivity index is 1.17. The molecule has 0 aromatic heterocycles. The number of phenolic OH excluding ortho intramolecular Hbond substituents is 1. The average molecular weight is 469 g/mol. The zero-order valence-electron chi connectivity index (χ0n) is 20.7. The molecule has 0 bridgehead atoms. The molecule has 5 atom stereocenters. The van der Waals surface area contributed by atoms with Crippen LogP contribution in [-0.2, 0) is 24.4 Å². The number of aromatic hydroxyl groups is 1. The van der Waals surface area contributed by atoms with Gasteiger partial charge in [0.05, 0.1) is 12.7 Å². The Hall–Kier alpha value is -2.78. The molecule has 3 heteroatoms. The van der Waals surface area contributed by atoms with Crippen LogP contribution in [0, 0.1) is 17.3 Å². The van der Waals surface area contributed by atoms with Crippen LogP contribution < -0.4 is 4.74 Å². The van der Waals surface area contributed by atoms with E-state index >= 15 is 0 Å². The molecular formula is C32H36O3. The van der Waals surface area contributed by atoms with E-state index in [2.05, 4.69) is 55.5 Å². The van der Waals surface area contributed by atoms with E-state index < -0.39 is 0 Å². The fourth-order valence-corrected chi connectivity index (χ4v) is 7.43. The highest BCUT2D eigenvalue weighted by atomic mass is 16.5. The first-order valence-electron chi connectivity index (χ1n) is 13.3. The molecule has 3 aromatic rings. The third-order valence-corrected chi connectivity index (χ3v) is 9.25. The van der Waals surface area contributed by atoms with Crippen molar-refractivity contribution >= 4 is 0 Å². The van der Waals surface area contributed by atoms with E-state index in [9.17, 15) is 5.11 Å². The summed E-state index contributed by atoms with van der Waals surface area (Å²) in [4.78, 5) is 0. The van der Waals surface area contributed by atoms with Gasteiger partial charge in [0, 0.05) is 0 Å². The van der Waals surface area contributed by atoms with Gasteiger partial charge >= 0.3 is 0 Å². The van der Waals surface area contributed by atoms with Gasteiger partial charge in [-0.2, -0.15) is 0 Å². The molecule has 2 fully saturated rings. The third-order valence-electron chi connectivity index (χ3n) is 9.25. The third kappa shape index (κ3) is 4.25. The zero-order valence-corrected chi connectivity index (χ0v) is 20.7. The summed E-state index contributed by atoms with van der Waals surface area (Å²) >= 11 is 0. The Kier molecular flexibility index (Phi) is 6.06. The molecule has 3 nitrogen and oxygen atoms in total. The topological polar surface area (TPSA) is 38.7 Å². The van der Waals surface area contributed by atoms with Crippen molar-refractivity contribution in [2.45, 2.75) is 70.7 Å². The molecule has 0 unspecified atom stereocenters. The van der Waals surface area contributed by atoms with Crippen LogP contribution in [0.1, 0.15) is 67.2 Å². The number of rotatable bonds is 6. The van der Waals surface area contributed by atoms with Crippen LogP contribution in [0.2, 0.25) is 0 Å². The lowest BCUT2D eigenvalue weighted by Gasteiger charge is -2.50. The molecule has 0 heterocycles. The molecule has 3 aromatic carbocycles. The predicted molar refractivity (Wildman–Crippen MR) is 139 cm³/mol. The smallest absolute Gasteiger partial charge is 0.161 e. The first-order chi connectivity index (χ1) is 17.1. The van der Waals surface area contributed by atoms with Crippen molar-refractivity contribution in [1.82, 2.24) is 0 Å². The van der Waals surface area contributed by atoms with Gasteiger partial charge in [-0.05, 0) is 96.1 Å². The molecule has 1 N–H and O–H groups in total. The number of fused-ring (bicyclic) bond motifs is 5. The number of phenols is 1. The summed E-state index contributed by atoms with van der Waals surface area (Å²) in [6, 6.07) is 24.8. The van der Waals surface area contributed by atoms with Gasteiger partial charge in [-0.15, -0.1) is 0 Å². The highest BCUT2D eigenvalue weighted by Crippen LogP contribution is 2.62. The predicted octanol–water partition coefficient (Wildman–Crippen LogP) is 7.41. The molecule has 6 rings (SSSR count). The van der Waals surface area contributed by atoms with Crippen molar-refractivity contribution in [3.63, 3.8) is 0 Å². The first-order valence-corrected chi connectivity index (χ1v) is 13.3. The lowest BCUT2D eigenvalue weighted by atomic mass is 9.55. The van der Waals surface area contributed by atoms with Crippen LogP contribution in [0.15, 0.2) is 72.8 Å². The Morgan fingerprint density at radius 1 is 0.857 bits per heavy atom. The van der Waals surface area contributed by atoms with Crippen LogP contribution in [0.3, 0.4) is 0 Å². The van der Waals surface area contributed by atoms with Crippen molar-refractivity contribution in [1.29, 1.82) is 0 Å². The summed E-state index contributed by atoms with van der Waals surface area (Å²) in [7, 11) is 0.